The number of hydrogen-bond acceptors (Lipinski definition) is 1. The fraction of sp³-hybridized carbons (Fsp3) is 0.154. The van der Waals surface area contributed by atoms with Crippen LogP contribution in [0.25, 0.3) is 0 Å². The summed E-state index contributed by atoms with van der Waals surface area (Å²) >= 11 is 0. The van der Waals surface area contributed by atoms with Gasteiger partial charge in [-0.3, -0.25) is 0 Å². The molecule has 0 atom stereocenters. The summed E-state index contributed by atoms with van der Waals surface area (Å²) in [5.41, 5.74) is 0.941. The van der Waals surface area contributed by atoms with Gasteiger partial charge in [0.15, 0.2) is 0 Å². The smallest absolute Gasteiger partial charge is 0.315 e. The van der Waals surface area contributed by atoms with Gasteiger partial charge in [0.2, 0.25) is 0 Å². The van der Waals surface area contributed by atoms with E-state index in [2.05, 4.69) is 29.1 Å². The Morgan fingerprint density at radius 3 is 2.75 bits per heavy atom. The summed E-state index contributed by atoms with van der Waals surface area (Å²) in [5, 5.41) is 5.21. The highest BCUT2D eigenvalue weighted by atomic mass is 16.2. The van der Waals surface area contributed by atoms with Crippen LogP contribution in [-0.2, 0) is 0 Å². The maximum atomic E-state index is 11.1. The van der Waals surface area contributed by atoms with Gasteiger partial charge in [-0.2, -0.15) is 0 Å². The maximum absolute atomic E-state index is 11.1. The Morgan fingerprint density at radius 1 is 1.31 bits per heavy atom. The van der Waals surface area contributed by atoms with Gasteiger partial charge in [-0.05, 0) is 12.1 Å². The molecule has 1 aromatic rings. The van der Waals surface area contributed by atoms with Crippen LogP contribution in [0.3, 0.4) is 0 Å². The standard InChI is InChI=1S/C13H14N2O/c1-2-10-14-13(16)15-11-6-9-12-7-4-3-5-8-12/h2-5,7-8H,1,10-11H2,(H2,14,15,16). The molecule has 0 saturated carbocycles. The topological polar surface area (TPSA) is 41.1 Å². The van der Waals surface area contributed by atoms with Crippen LogP contribution >= 0.6 is 0 Å². The van der Waals surface area contributed by atoms with E-state index < -0.39 is 0 Å². The maximum Gasteiger partial charge on any atom is 0.315 e. The highest BCUT2D eigenvalue weighted by Crippen LogP contribution is 1.93. The molecule has 2 amide bonds. The van der Waals surface area contributed by atoms with Gasteiger partial charge in [0.05, 0.1) is 6.54 Å². The third-order valence-corrected chi connectivity index (χ3v) is 1.75. The van der Waals surface area contributed by atoms with E-state index in [0.29, 0.717) is 13.1 Å². The summed E-state index contributed by atoms with van der Waals surface area (Å²) in [5.74, 6) is 5.80. The Bertz CT molecular complexity index is 401. The molecule has 0 spiro atoms. The van der Waals surface area contributed by atoms with Gasteiger partial charge in [0, 0.05) is 12.1 Å². The number of carbonyl (C=O) groups excluding carboxylic acids is 1. The minimum Gasteiger partial charge on any atom is -0.335 e. The fourth-order valence-electron chi connectivity index (χ4n) is 1.02. The third-order valence-electron chi connectivity index (χ3n) is 1.75. The molecule has 0 bridgehead atoms. The van der Waals surface area contributed by atoms with E-state index in [-0.39, 0.29) is 6.03 Å². The molecule has 3 nitrogen and oxygen atoms in total. The Hall–Kier alpha value is -2.21. The first kappa shape index (κ1) is 11.9. The molecule has 0 unspecified atom stereocenters. The van der Waals surface area contributed by atoms with Crippen molar-refractivity contribution >= 4 is 6.03 Å². The van der Waals surface area contributed by atoms with Crippen molar-refractivity contribution in [3.8, 4) is 11.8 Å². The van der Waals surface area contributed by atoms with Gasteiger partial charge in [0.1, 0.15) is 0 Å². The number of carbonyl (C=O) groups is 1. The number of amides is 2. The second-order valence-electron chi connectivity index (χ2n) is 3.02. The lowest BCUT2D eigenvalue weighted by Crippen LogP contribution is -2.35. The molecule has 1 rings (SSSR count). The van der Waals surface area contributed by atoms with E-state index >= 15 is 0 Å². The van der Waals surface area contributed by atoms with Crippen molar-refractivity contribution in [3.63, 3.8) is 0 Å². The van der Waals surface area contributed by atoms with Gasteiger partial charge >= 0.3 is 6.03 Å². The van der Waals surface area contributed by atoms with Crippen LogP contribution in [0.2, 0.25) is 0 Å². The molecule has 0 aromatic heterocycles. The molecule has 82 valence electrons. The van der Waals surface area contributed by atoms with Crippen LogP contribution in [0.5, 0.6) is 0 Å². The van der Waals surface area contributed by atoms with E-state index in [0.717, 1.165) is 5.56 Å². The molecule has 0 fully saturated rings. The van der Waals surface area contributed by atoms with Crippen LogP contribution in [-0.4, -0.2) is 19.1 Å². The molecular weight excluding hydrogens is 200 g/mol. The Balaban J connectivity index is 2.28. The SMILES string of the molecule is C=CCNC(=O)NCC#Cc1ccccc1. The third kappa shape index (κ3) is 4.87. The number of urea groups is 1. The quantitative estimate of drug-likeness (QED) is 0.581. The van der Waals surface area contributed by atoms with Crippen molar-refractivity contribution < 1.29 is 4.79 Å². The lowest BCUT2D eigenvalue weighted by Gasteiger charge is -2.00. The van der Waals surface area contributed by atoms with Crippen LogP contribution in [0, 0.1) is 11.8 Å². The fourth-order valence-corrected chi connectivity index (χ4v) is 1.02. The van der Waals surface area contributed by atoms with Gasteiger partial charge in [-0.1, -0.05) is 36.1 Å². The number of benzene rings is 1. The van der Waals surface area contributed by atoms with Crippen molar-refractivity contribution in [3.05, 3.63) is 48.6 Å². The first-order valence-electron chi connectivity index (χ1n) is 4.99. The highest BCUT2D eigenvalue weighted by Gasteiger charge is 1.92. The zero-order valence-electron chi connectivity index (χ0n) is 8.99. The van der Waals surface area contributed by atoms with Crippen molar-refractivity contribution in [1.29, 1.82) is 0 Å². The first-order valence-corrected chi connectivity index (χ1v) is 4.99. The van der Waals surface area contributed by atoms with Crippen LogP contribution < -0.4 is 10.6 Å². The van der Waals surface area contributed by atoms with Crippen molar-refractivity contribution in [1.82, 2.24) is 10.6 Å². The van der Waals surface area contributed by atoms with Crippen LogP contribution in [0.1, 0.15) is 5.56 Å². The predicted molar refractivity (Wildman–Crippen MR) is 64.9 cm³/mol. The molecule has 0 aliphatic rings. The van der Waals surface area contributed by atoms with E-state index in [1.165, 1.54) is 0 Å². The van der Waals surface area contributed by atoms with Crippen LogP contribution in [0.15, 0.2) is 43.0 Å². The summed E-state index contributed by atoms with van der Waals surface area (Å²) in [4.78, 5) is 11.1. The molecule has 0 aliphatic heterocycles. The summed E-state index contributed by atoms with van der Waals surface area (Å²) in [6.45, 7) is 4.29. The summed E-state index contributed by atoms with van der Waals surface area (Å²) in [6.07, 6.45) is 1.62. The second-order valence-corrected chi connectivity index (χ2v) is 3.02. The van der Waals surface area contributed by atoms with Crippen molar-refractivity contribution in [2.75, 3.05) is 13.1 Å². The minimum absolute atomic E-state index is 0.234. The minimum atomic E-state index is -0.234. The van der Waals surface area contributed by atoms with Gasteiger partial charge < -0.3 is 10.6 Å². The monoisotopic (exact) mass is 214 g/mol. The van der Waals surface area contributed by atoms with E-state index in [4.69, 9.17) is 0 Å². The van der Waals surface area contributed by atoms with Crippen molar-refractivity contribution in [2.24, 2.45) is 0 Å². The molecule has 0 radical (unpaired) electrons. The van der Waals surface area contributed by atoms with E-state index in [1.807, 2.05) is 30.3 Å². The zero-order valence-corrected chi connectivity index (χ0v) is 8.99. The van der Waals surface area contributed by atoms with Crippen LogP contribution in [0.4, 0.5) is 4.79 Å². The lowest BCUT2D eigenvalue weighted by atomic mass is 10.2. The molecule has 0 saturated heterocycles. The Morgan fingerprint density at radius 2 is 2.06 bits per heavy atom. The Labute approximate surface area is 95.6 Å². The number of hydrogen-bond donors (Lipinski definition) is 2. The highest BCUT2D eigenvalue weighted by molar-refractivity contribution is 5.74. The average Bonchev–Trinajstić information content (AvgIpc) is 2.33. The summed E-state index contributed by atoms with van der Waals surface area (Å²) in [6, 6.07) is 9.40. The molecule has 16 heavy (non-hydrogen) atoms. The largest absolute Gasteiger partial charge is 0.335 e. The van der Waals surface area contributed by atoms with E-state index in [9.17, 15) is 4.79 Å². The lowest BCUT2D eigenvalue weighted by molar-refractivity contribution is 0.243. The molecule has 3 heteroatoms. The average molecular weight is 214 g/mol. The zero-order chi connectivity index (χ0) is 11.6. The van der Waals surface area contributed by atoms with Gasteiger partial charge in [-0.15, -0.1) is 6.58 Å². The normalized spacial score (nSPS) is 8.50. The second kappa shape index (κ2) is 7.13. The number of rotatable bonds is 3. The Kier molecular flexibility index (Phi) is 5.29. The summed E-state index contributed by atoms with van der Waals surface area (Å²) in [7, 11) is 0. The molecule has 0 aliphatic carbocycles. The van der Waals surface area contributed by atoms with Gasteiger partial charge in [-0.25, -0.2) is 4.79 Å². The first-order chi connectivity index (χ1) is 7.83. The van der Waals surface area contributed by atoms with Crippen molar-refractivity contribution in [2.45, 2.75) is 0 Å². The predicted octanol–water partition coefficient (Wildman–Crippen LogP) is 1.52. The molecule has 1 aromatic carbocycles. The van der Waals surface area contributed by atoms with Gasteiger partial charge in [0.25, 0.3) is 0 Å². The van der Waals surface area contributed by atoms with E-state index in [1.54, 1.807) is 6.08 Å². The molecular formula is C13H14N2O. The number of nitrogens with one attached hydrogen (secondary N) is 2. The summed E-state index contributed by atoms with van der Waals surface area (Å²) < 4.78 is 0. The molecule has 0 heterocycles. The molecule has 2 N–H and O–H groups in total.